The van der Waals surface area contributed by atoms with E-state index in [1.165, 1.54) is 12.4 Å². The van der Waals surface area contributed by atoms with Gasteiger partial charge < -0.3 is 10.4 Å². The minimum absolute atomic E-state index is 0.114. The van der Waals surface area contributed by atoms with Crippen LogP contribution in [0.3, 0.4) is 0 Å². The van der Waals surface area contributed by atoms with Crippen molar-refractivity contribution in [3.63, 3.8) is 0 Å². The largest absolute Gasteiger partial charge is 0.468 e. The van der Waals surface area contributed by atoms with Crippen LogP contribution in [0.5, 0.6) is 0 Å². The lowest BCUT2D eigenvalue weighted by Crippen LogP contribution is -2.21. The lowest BCUT2D eigenvalue weighted by molar-refractivity contribution is -0.118. The van der Waals surface area contributed by atoms with Crippen molar-refractivity contribution < 1.29 is 19.1 Å². The van der Waals surface area contributed by atoms with Gasteiger partial charge in [-0.3, -0.25) is 4.79 Å². The Bertz CT molecular complexity index is 1890. The van der Waals surface area contributed by atoms with E-state index in [0.29, 0.717) is 44.9 Å². The monoisotopic (exact) mass is 563 g/mol. The number of anilines is 1. The van der Waals surface area contributed by atoms with E-state index in [-0.39, 0.29) is 17.4 Å². The molecule has 5 aromatic rings. The number of halogens is 2. The van der Waals surface area contributed by atoms with E-state index in [2.05, 4.69) is 22.3 Å². The van der Waals surface area contributed by atoms with Crippen molar-refractivity contribution in [1.82, 2.24) is 14.8 Å². The number of hydrogen-bond donors (Lipinski definition) is 2. The Morgan fingerprint density at radius 2 is 1.83 bits per heavy atom. The van der Waals surface area contributed by atoms with E-state index in [4.69, 9.17) is 11.6 Å². The molecule has 200 valence electrons. The molecule has 7 rings (SSSR count). The second-order valence-corrected chi connectivity index (χ2v) is 10.8. The number of amides is 1. The molecule has 2 aliphatic rings. The number of carbonyl (C=O) groups excluding carboxylic acids is 1. The normalized spacial score (nSPS) is 18.8. The minimum atomic E-state index is -1.06. The van der Waals surface area contributed by atoms with Crippen molar-refractivity contribution in [3.8, 4) is 27.9 Å². The lowest BCUT2D eigenvalue weighted by Gasteiger charge is -2.13. The fourth-order valence-corrected chi connectivity index (χ4v) is 6.17. The third-order valence-corrected chi connectivity index (χ3v) is 8.42. The maximum absolute atomic E-state index is 15.5. The van der Waals surface area contributed by atoms with Gasteiger partial charge in [0.15, 0.2) is 5.56 Å². The molecule has 0 radical (unpaired) electrons. The van der Waals surface area contributed by atoms with Gasteiger partial charge in [0.1, 0.15) is 24.0 Å². The second kappa shape index (κ2) is 9.04. The zero-order valence-electron chi connectivity index (χ0n) is 21.4. The second-order valence-electron chi connectivity index (χ2n) is 10.4. The maximum Gasteiger partial charge on any atom is 0.394 e. The maximum atomic E-state index is 15.5. The Labute approximate surface area is 239 Å². The number of rotatable bonds is 5. The van der Waals surface area contributed by atoms with Crippen molar-refractivity contribution in [1.29, 1.82) is 0 Å². The fourth-order valence-electron chi connectivity index (χ4n) is 5.90. The van der Waals surface area contributed by atoms with E-state index in [9.17, 15) is 14.7 Å². The van der Waals surface area contributed by atoms with Crippen LogP contribution in [0.4, 0.5) is 10.1 Å². The first kappa shape index (κ1) is 25.0. The van der Waals surface area contributed by atoms with Gasteiger partial charge in [-0.2, -0.15) is 5.10 Å². The third-order valence-electron chi connectivity index (χ3n) is 8.11. The molecule has 1 aromatic heterocycles. The third kappa shape index (κ3) is 3.90. The summed E-state index contributed by atoms with van der Waals surface area (Å²) in [6, 6.07) is 20.9. The van der Waals surface area contributed by atoms with Crippen LogP contribution in [0, 0.1) is 12.7 Å². The first-order valence-electron chi connectivity index (χ1n) is 12.9. The average Bonchev–Trinajstić information content (AvgIpc) is 3.34. The van der Waals surface area contributed by atoms with Gasteiger partial charge in [-0.25, -0.2) is 18.9 Å². The summed E-state index contributed by atoms with van der Waals surface area (Å²) in [6.45, 7) is 3.79. The number of hydrogen-bond acceptors (Lipinski definition) is 4. The molecule has 4 aromatic carbocycles. The molecule has 1 aliphatic heterocycles. The first-order valence-corrected chi connectivity index (χ1v) is 13.2. The fraction of sp³-hybridized carbons (Fsp3) is 0.0938. The van der Waals surface area contributed by atoms with Gasteiger partial charge in [0.25, 0.3) is 0 Å². The van der Waals surface area contributed by atoms with Crippen LogP contribution in [0.2, 0.25) is 5.02 Å². The van der Waals surface area contributed by atoms with Gasteiger partial charge in [0, 0.05) is 41.8 Å². The summed E-state index contributed by atoms with van der Waals surface area (Å²) in [6.07, 6.45) is 3.57. The van der Waals surface area contributed by atoms with Gasteiger partial charge in [-0.15, -0.1) is 0 Å². The van der Waals surface area contributed by atoms with Gasteiger partial charge in [0.05, 0.1) is 16.1 Å². The average molecular weight is 564 g/mol. The number of carboxylic acids is 1. The number of benzene rings is 4. The molecule has 2 N–H and O–H groups in total. The highest BCUT2D eigenvalue weighted by Gasteiger charge is 2.65. The van der Waals surface area contributed by atoms with Crippen molar-refractivity contribution in [2.75, 3.05) is 5.32 Å². The Balaban J connectivity index is 1.23. The number of fused-ring (bicyclic) bond motifs is 2. The number of carboxylic acid groups (broad SMARTS) is 1. The van der Waals surface area contributed by atoms with Crippen LogP contribution < -0.4 is 5.32 Å². The number of aromatic nitrogens is 3. The highest BCUT2D eigenvalue weighted by molar-refractivity contribution is 6.34. The zero-order valence-corrected chi connectivity index (χ0v) is 22.2. The molecule has 1 fully saturated rings. The molecular formula is C32H21ClFN4O3+. The number of nitrogens with zero attached hydrogens (tertiary/aromatic N) is 3. The summed E-state index contributed by atoms with van der Waals surface area (Å²) in [5.74, 6) is -1.82. The topological polar surface area (TPSA) is 97.1 Å². The number of carbonyl (C=O) groups is 2. The molecule has 7 nitrogen and oxygen atoms in total. The Hall–Kier alpha value is -4.95. The number of nitrogens with one attached hydrogen (secondary N) is 1. The van der Waals surface area contributed by atoms with Crippen LogP contribution >= 0.6 is 11.6 Å². The molecule has 1 amide bonds. The molecule has 1 saturated carbocycles. The van der Waals surface area contributed by atoms with Crippen molar-refractivity contribution in [2.24, 2.45) is 0 Å². The molecule has 1 aliphatic carbocycles. The summed E-state index contributed by atoms with van der Waals surface area (Å²) in [7, 11) is 0. The molecule has 0 bridgehead atoms. The van der Waals surface area contributed by atoms with Gasteiger partial charge >= 0.3 is 5.97 Å². The van der Waals surface area contributed by atoms with Gasteiger partial charge in [-0.1, -0.05) is 35.9 Å². The summed E-state index contributed by atoms with van der Waals surface area (Å²) >= 11 is 6.65. The van der Waals surface area contributed by atoms with Crippen LogP contribution in [-0.2, 0) is 10.2 Å². The van der Waals surface area contributed by atoms with E-state index in [1.807, 2.05) is 42.5 Å². The van der Waals surface area contributed by atoms with E-state index < -0.39 is 17.2 Å². The first-order chi connectivity index (χ1) is 19.8. The summed E-state index contributed by atoms with van der Waals surface area (Å²) < 4.78 is 17.1. The van der Waals surface area contributed by atoms with Gasteiger partial charge in [0.2, 0.25) is 5.91 Å². The SMILES string of the molecule is [CH2+]c1ccc(C2CC23C(=O)Nc2cc(Cl)c(-c4ccc(-c5ccc(-n6cncn6)cc5)c(F)c4)cc23)cc1C(=O)O. The quantitative estimate of drug-likeness (QED) is 0.233. The molecule has 2 heterocycles. The molecule has 2 unspecified atom stereocenters. The molecule has 0 saturated heterocycles. The summed E-state index contributed by atoms with van der Waals surface area (Å²) in [4.78, 5) is 28.9. The zero-order chi connectivity index (χ0) is 28.5. The predicted octanol–water partition coefficient (Wildman–Crippen LogP) is 6.65. The molecule has 1 spiro atoms. The predicted molar refractivity (Wildman–Crippen MR) is 153 cm³/mol. The van der Waals surface area contributed by atoms with Crippen molar-refractivity contribution in [3.05, 3.63) is 125 Å². The Morgan fingerprint density at radius 1 is 1.05 bits per heavy atom. The van der Waals surface area contributed by atoms with Crippen molar-refractivity contribution >= 4 is 29.2 Å². The van der Waals surface area contributed by atoms with Crippen LogP contribution in [-0.4, -0.2) is 31.7 Å². The molecule has 2 atom stereocenters. The minimum Gasteiger partial charge on any atom is -0.468 e. The molecule has 41 heavy (non-hydrogen) atoms. The van der Waals surface area contributed by atoms with E-state index in [0.717, 1.165) is 16.8 Å². The highest BCUT2D eigenvalue weighted by Crippen LogP contribution is 2.65. The molecule has 9 heteroatoms. The van der Waals surface area contributed by atoms with Gasteiger partial charge in [-0.05, 0) is 65.1 Å². The standard InChI is InChI=1S/C32H20ClFN4O3/c1-17-2-3-20(10-23(17)30(39)40)26-14-32(26)25-12-24(27(33)13-29(25)37-31(32)41)19-6-9-22(28(34)11-19)18-4-7-21(8-5-18)38-16-35-15-36-38/h2-13,15-16,26H,1,14H2,(H-,37,39,40,41)/p+1. The Kier molecular flexibility index (Phi) is 5.52. The lowest BCUT2D eigenvalue weighted by atomic mass is 9.89. The number of aromatic carboxylic acids is 1. The van der Waals surface area contributed by atoms with E-state index in [1.54, 1.807) is 35.3 Å². The van der Waals surface area contributed by atoms with Crippen LogP contribution in [0.1, 0.15) is 39.4 Å². The highest BCUT2D eigenvalue weighted by atomic mass is 35.5. The summed E-state index contributed by atoms with van der Waals surface area (Å²) in [5, 5.41) is 17.0. The smallest absolute Gasteiger partial charge is 0.394 e. The van der Waals surface area contributed by atoms with Crippen molar-refractivity contribution in [2.45, 2.75) is 17.8 Å². The van der Waals surface area contributed by atoms with E-state index >= 15 is 4.39 Å². The molecular weight excluding hydrogens is 543 g/mol. The van der Waals surface area contributed by atoms with Crippen LogP contribution in [0.25, 0.3) is 27.9 Å². The summed E-state index contributed by atoms with van der Waals surface area (Å²) in [5.41, 5.74) is 5.00. The van der Waals surface area contributed by atoms with Crippen LogP contribution in [0.15, 0.2) is 85.5 Å². The Morgan fingerprint density at radius 3 is 2.54 bits per heavy atom.